The van der Waals surface area contributed by atoms with Crippen LogP contribution in [0.1, 0.15) is 112 Å². The van der Waals surface area contributed by atoms with Crippen molar-refractivity contribution in [3.63, 3.8) is 0 Å². The van der Waals surface area contributed by atoms with Gasteiger partial charge in [-0.1, -0.05) is 53.9 Å². The zero-order valence-corrected chi connectivity index (χ0v) is 22.0. The lowest BCUT2D eigenvalue weighted by atomic mass is 9.49. The van der Waals surface area contributed by atoms with Crippen LogP contribution in [-0.2, 0) is 19.1 Å². The number of Topliss-reactive ketones (excluding diaryl/α,β-unsaturated/α-hetero) is 1. The molecule has 0 aromatic carbocycles. The fraction of sp³-hybridized carbons (Fsp3) is 0.897. The Labute approximate surface area is 202 Å². The van der Waals surface area contributed by atoms with Gasteiger partial charge in [-0.05, 0) is 79.4 Å². The molecule has 3 aliphatic rings. The highest BCUT2D eigenvalue weighted by molar-refractivity contribution is 5.86. The van der Waals surface area contributed by atoms with Crippen LogP contribution in [0.15, 0.2) is 0 Å². The number of hydrogen-bond donors (Lipinski definition) is 0. The third-order valence-corrected chi connectivity index (χ3v) is 10.2. The lowest BCUT2D eigenvalue weighted by molar-refractivity contribution is -0.157. The summed E-state index contributed by atoms with van der Waals surface area (Å²) in [6.45, 7) is 13.1. The smallest absolute Gasteiger partial charge is 0.302 e. The van der Waals surface area contributed by atoms with E-state index in [1.807, 2.05) is 0 Å². The molecule has 3 fully saturated rings. The predicted octanol–water partition coefficient (Wildman–Crippen LogP) is 6.79. The monoisotopic (exact) mass is 460 g/mol. The molecule has 0 bridgehead atoms. The van der Waals surface area contributed by atoms with Gasteiger partial charge in [0.05, 0.1) is 0 Å². The number of rotatable bonds is 9. The molecule has 33 heavy (non-hydrogen) atoms. The fourth-order valence-corrected chi connectivity index (χ4v) is 8.41. The molecule has 0 radical (unpaired) electrons. The van der Waals surface area contributed by atoms with Crippen LogP contribution in [0.4, 0.5) is 0 Å². The lowest BCUT2D eigenvalue weighted by Crippen LogP contribution is -2.52. The summed E-state index contributed by atoms with van der Waals surface area (Å²) in [5.41, 5.74) is -0.109. The van der Waals surface area contributed by atoms with Crippen LogP contribution in [0.2, 0.25) is 0 Å². The third kappa shape index (κ3) is 5.40. The van der Waals surface area contributed by atoms with Crippen molar-refractivity contribution >= 4 is 18.0 Å². The second-order valence-electron chi connectivity index (χ2n) is 12.6. The molecular formula is C29H48O4. The minimum absolute atomic E-state index is 0.237. The third-order valence-electron chi connectivity index (χ3n) is 10.2. The number of hydrogen-bond acceptors (Lipinski definition) is 4. The molecule has 3 saturated carbocycles. The molecule has 188 valence electrons. The molecule has 0 heterocycles. The van der Waals surface area contributed by atoms with Crippen molar-refractivity contribution in [2.24, 2.45) is 46.3 Å². The van der Waals surface area contributed by atoms with Crippen LogP contribution in [0.3, 0.4) is 0 Å². The molecule has 0 spiro atoms. The Kier molecular flexibility index (Phi) is 8.49. The van der Waals surface area contributed by atoms with Crippen LogP contribution >= 0.6 is 0 Å². The maximum Gasteiger partial charge on any atom is 0.302 e. The normalized spacial score (nSPS) is 39.8. The zero-order chi connectivity index (χ0) is 24.4. The summed E-state index contributed by atoms with van der Waals surface area (Å²) >= 11 is 0. The molecule has 0 aromatic heterocycles. The number of aldehydes is 1. The largest absolute Gasteiger partial charge is 0.462 e. The molecule has 0 aliphatic heterocycles. The quantitative estimate of drug-likeness (QED) is 0.281. The fourth-order valence-electron chi connectivity index (χ4n) is 8.41. The highest BCUT2D eigenvalue weighted by Gasteiger charge is 2.59. The summed E-state index contributed by atoms with van der Waals surface area (Å²) in [6.07, 6.45) is 11.9. The Morgan fingerprint density at radius 3 is 2.39 bits per heavy atom. The first-order chi connectivity index (χ1) is 15.5. The molecule has 0 saturated heterocycles. The molecule has 4 nitrogen and oxygen atoms in total. The Bertz CT molecular complexity index is 714. The Balaban J connectivity index is 1.75. The van der Waals surface area contributed by atoms with E-state index in [0.29, 0.717) is 24.7 Å². The van der Waals surface area contributed by atoms with E-state index in [1.54, 1.807) is 0 Å². The number of esters is 1. The van der Waals surface area contributed by atoms with Crippen molar-refractivity contribution in [1.29, 1.82) is 0 Å². The molecule has 3 aliphatic carbocycles. The van der Waals surface area contributed by atoms with E-state index in [-0.39, 0.29) is 29.2 Å². The molecule has 0 unspecified atom stereocenters. The van der Waals surface area contributed by atoms with Gasteiger partial charge in [0.15, 0.2) is 0 Å². The summed E-state index contributed by atoms with van der Waals surface area (Å²) in [7, 11) is 0. The summed E-state index contributed by atoms with van der Waals surface area (Å²) in [5, 5.41) is 0. The zero-order valence-electron chi connectivity index (χ0n) is 22.0. The van der Waals surface area contributed by atoms with Crippen molar-refractivity contribution in [2.45, 2.75) is 118 Å². The Morgan fingerprint density at radius 2 is 1.79 bits per heavy atom. The SMILES string of the molecule is CC(=O)O[C@H]1CC[C@](C)([C@H]2CC[C@]3(C)[C@@H]([C@H](C)CCCC(C)C)CC[C@H]3[C@@H]2CC=O)C(=O)C1. The lowest BCUT2D eigenvalue weighted by Gasteiger charge is -2.55. The number of carbonyl (C=O) groups excluding carboxylic acids is 3. The van der Waals surface area contributed by atoms with Crippen molar-refractivity contribution in [1.82, 2.24) is 0 Å². The summed E-state index contributed by atoms with van der Waals surface area (Å²) in [4.78, 5) is 36.6. The molecule has 8 atom stereocenters. The van der Waals surface area contributed by atoms with Gasteiger partial charge in [0.25, 0.3) is 0 Å². The first kappa shape index (κ1) is 26.4. The second kappa shape index (κ2) is 10.6. The molecule has 0 aromatic rings. The Morgan fingerprint density at radius 1 is 1.06 bits per heavy atom. The van der Waals surface area contributed by atoms with Gasteiger partial charge >= 0.3 is 5.97 Å². The molecule has 0 N–H and O–H groups in total. The maximum absolute atomic E-state index is 13.4. The summed E-state index contributed by atoms with van der Waals surface area (Å²) in [6, 6.07) is 0. The first-order valence-electron chi connectivity index (χ1n) is 13.7. The average Bonchev–Trinajstić information content (AvgIpc) is 3.08. The van der Waals surface area contributed by atoms with Gasteiger partial charge in [-0.25, -0.2) is 0 Å². The first-order valence-corrected chi connectivity index (χ1v) is 13.7. The summed E-state index contributed by atoms with van der Waals surface area (Å²) < 4.78 is 5.37. The maximum atomic E-state index is 13.4. The molecule has 0 amide bonds. The van der Waals surface area contributed by atoms with Crippen molar-refractivity contribution in [3.8, 4) is 0 Å². The standard InChI is InChI=1S/C29H48O4/c1-19(2)8-7-9-20(3)24-10-11-25-23(14-17-30)26(13-16-28(24,25)5)29(6)15-12-22(18-27(29)32)33-21(4)31/h17,19-20,22-26H,7-16,18H2,1-6H3/t20-,22+,23+,24-,25+,26+,28-,29-/m1/s1. The van der Waals surface area contributed by atoms with Gasteiger partial charge in [-0.15, -0.1) is 0 Å². The van der Waals surface area contributed by atoms with Gasteiger partial charge < -0.3 is 9.53 Å². The van der Waals surface area contributed by atoms with E-state index in [1.165, 1.54) is 45.4 Å². The number of ketones is 1. The number of fused-ring (bicyclic) bond motifs is 1. The topological polar surface area (TPSA) is 60.4 Å². The summed E-state index contributed by atoms with van der Waals surface area (Å²) in [5.74, 6) is 3.26. The minimum atomic E-state index is -0.396. The van der Waals surface area contributed by atoms with Crippen LogP contribution in [0.25, 0.3) is 0 Å². The van der Waals surface area contributed by atoms with E-state index in [4.69, 9.17) is 4.74 Å². The van der Waals surface area contributed by atoms with E-state index in [0.717, 1.165) is 43.3 Å². The molecule has 3 rings (SSSR count). The highest BCUT2D eigenvalue weighted by atomic mass is 16.5. The van der Waals surface area contributed by atoms with Crippen LogP contribution in [0, 0.1) is 46.3 Å². The minimum Gasteiger partial charge on any atom is -0.462 e. The van der Waals surface area contributed by atoms with Gasteiger partial charge in [-0.2, -0.15) is 0 Å². The van der Waals surface area contributed by atoms with Gasteiger partial charge in [0.1, 0.15) is 18.2 Å². The highest BCUT2D eigenvalue weighted by Crippen LogP contribution is 2.64. The molecule has 4 heteroatoms. The molecular weight excluding hydrogens is 412 g/mol. The van der Waals surface area contributed by atoms with Gasteiger partial charge in [-0.3, -0.25) is 9.59 Å². The second-order valence-corrected chi connectivity index (χ2v) is 12.6. The van der Waals surface area contributed by atoms with E-state index >= 15 is 0 Å². The van der Waals surface area contributed by atoms with Crippen molar-refractivity contribution in [2.75, 3.05) is 0 Å². The van der Waals surface area contributed by atoms with E-state index in [2.05, 4.69) is 34.6 Å². The van der Waals surface area contributed by atoms with Gasteiger partial charge in [0.2, 0.25) is 0 Å². The van der Waals surface area contributed by atoms with E-state index < -0.39 is 5.41 Å². The van der Waals surface area contributed by atoms with Gasteiger partial charge in [0, 0.05) is 25.2 Å². The van der Waals surface area contributed by atoms with Crippen LogP contribution < -0.4 is 0 Å². The van der Waals surface area contributed by atoms with Crippen LogP contribution in [-0.4, -0.2) is 24.1 Å². The van der Waals surface area contributed by atoms with E-state index in [9.17, 15) is 14.4 Å². The Hall–Kier alpha value is -1.19. The van der Waals surface area contributed by atoms with Crippen molar-refractivity contribution < 1.29 is 19.1 Å². The predicted molar refractivity (Wildman–Crippen MR) is 132 cm³/mol. The average molecular weight is 461 g/mol. The number of carbonyl (C=O) groups is 3. The number of ether oxygens (including phenoxy) is 1. The van der Waals surface area contributed by atoms with Crippen molar-refractivity contribution in [3.05, 3.63) is 0 Å². The van der Waals surface area contributed by atoms with Crippen LogP contribution in [0.5, 0.6) is 0 Å².